The number of fused-ring (bicyclic) bond motifs is 1. The van der Waals surface area contributed by atoms with Gasteiger partial charge < -0.3 is 9.30 Å². The van der Waals surface area contributed by atoms with Crippen molar-refractivity contribution in [3.05, 3.63) is 11.5 Å². The van der Waals surface area contributed by atoms with Crippen molar-refractivity contribution in [2.24, 2.45) is 7.05 Å². The van der Waals surface area contributed by atoms with E-state index in [4.69, 9.17) is 21.3 Å². The first-order chi connectivity index (χ1) is 9.52. The summed E-state index contributed by atoms with van der Waals surface area (Å²) in [5.41, 5.74) is 3.00. The number of aryl methyl sites for hydroxylation is 2. The third kappa shape index (κ3) is 2.04. The second kappa shape index (κ2) is 5.04. The number of hydrogen-bond acceptors (Lipinski definition) is 3. The molecule has 0 bridgehead atoms. The van der Waals surface area contributed by atoms with Crippen molar-refractivity contribution in [1.82, 2.24) is 19.3 Å². The Labute approximate surface area is 123 Å². The van der Waals surface area contributed by atoms with Crippen LogP contribution in [0.1, 0.15) is 49.1 Å². The van der Waals surface area contributed by atoms with E-state index >= 15 is 0 Å². The standard InChI is InChI=1S/C14H21ClN4O/c1-8(15)13-16-12-9(2)17-18(3)14(12)19(13)10-5-6-11(7-10)20-4/h8,10-11H,5-7H2,1-4H3. The zero-order chi connectivity index (χ0) is 14.4. The van der Waals surface area contributed by atoms with Crippen LogP contribution in [-0.4, -0.2) is 32.5 Å². The summed E-state index contributed by atoms with van der Waals surface area (Å²) in [6.45, 7) is 3.97. The molecule has 2 aromatic heterocycles. The average molecular weight is 297 g/mol. The molecule has 20 heavy (non-hydrogen) atoms. The second-order valence-corrected chi connectivity index (χ2v) is 6.32. The van der Waals surface area contributed by atoms with Crippen molar-refractivity contribution >= 4 is 22.8 Å². The van der Waals surface area contributed by atoms with Gasteiger partial charge in [0.15, 0.2) is 5.65 Å². The Balaban J connectivity index is 2.14. The van der Waals surface area contributed by atoms with Gasteiger partial charge in [0.2, 0.25) is 0 Å². The van der Waals surface area contributed by atoms with Crippen molar-refractivity contribution in [2.45, 2.75) is 50.6 Å². The van der Waals surface area contributed by atoms with Gasteiger partial charge in [-0.3, -0.25) is 4.68 Å². The van der Waals surface area contributed by atoms with Gasteiger partial charge in [-0.1, -0.05) is 0 Å². The fourth-order valence-electron chi connectivity index (χ4n) is 3.32. The van der Waals surface area contributed by atoms with Crippen molar-refractivity contribution < 1.29 is 4.74 Å². The van der Waals surface area contributed by atoms with Crippen molar-refractivity contribution in [3.63, 3.8) is 0 Å². The number of ether oxygens (including phenoxy) is 1. The molecule has 6 heteroatoms. The molecule has 0 amide bonds. The summed E-state index contributed by atoms with van der Waals surface area (Å²) in [5, 5.41) is 4.37. The van der Waals surface area contributed by atoms with E-state index in [-0.39, 0.29) is 5.38 Å². The molecule has 0 aliphatic heterocycles. The van der Waals surface area contributed by atoms with Crippen LogP contribution in [0.5, 0.6) is 0 Å². The largest absolute Gasteiger partial charge is 0.381 e. The Kier molecular flexibility index (Phi) is 3.50. The fraction of sp³-hybridized carbons (Fsp3) is 0.714. The number of halogens is 1. The summed E-state index contributed by atoms with van der Waals surface area (Å²) in [7, 11) is 3.76. The maximum Gasteiger partial charge on any atom is 0.158 e. The minimum atomic E-state index is -0.108. The Hall–Kier alpha value is -1.07. The lowest BCUT2D eigenvalue weighted by molar-refractivity contribution is 0.106. The summed E-state index contributed by atoms with van der Waals surface area (Å²) in [6, 6.07) is 0.399. The lowest BCUT2D eigenvalue weighted by Crippen LogP contribution is -2.14. The summed E-state index contributed by atoms with van der Waals surface area (Å²) < 4.78 is 9.70. The van der Waals surface area contributed by atoms with Crippen LogP contribution >= 0.6 is 11.6 Å². The van der Waals surface area contributed by atoms with Crippen LogP contribution in [0.2, 0.25) is 0 Å². The molecule has 2 heterocycles. The third-order valence-electron chi connectivity index (χ3n) is 4.27. The molecule has 110 valence electrons. The van der Waals surface area contributed by atoms with Gasteiger partial charge in [0, 0.05) is 20.2 Å². The summed E-state index contributed by atoms with van der Waals surface area (Å²) in [6.07, 6.45) is 3.55. The van der Waals surface area contributed by atoms with Gasteiger partial charge in [-0.25, -0.2) is 4.98 Å². The second-order valence-electron chi connectivity index (χ2n) is 5.66. The summed E-state index contributed by atoms with van der Waals surface area (Å²) in [4.78, 5) is 4.73. The molecule has 0 N–H and O–H groups in total. The minimum absolute atomic E-state index is 0.108. The Bertz CT molecular complexity index is 631. The molecular formula is C14H21ClN4O. The van der Waals surface area contributed by atoms with Gasteiger partial charge in [-0.05, 0) is 33.1 Å². The number of nitrogens with zero attached hydrogens (tertiary/aromatic N) is 4. The highest BCUT2D eigenvalue weighted by atomic mass is 35.5. The lowest BCUT2D eigenvalue weighted by Gasteiger charge is -2.18. The normalized spacial score (nSPS) is 24.6. The fourth-order valence-corrected chi connectivity index (χ4v) is 3.47. The highest BCUT2D eigenvalue weighted by molar-refractivity contribution is 6.20. The first kappa shape index (κ1) is 13.9. The number of rotatable bonds is 3. The van der Waals surface area contributed by atoms with Gasteiger partial charge in [0.05, 0.1) is 17.2 Å². The van der Waals surface area contributed by atoms with E-state index in [0.717, 1.165) is 41.9 Å². The van der Waals surface area contributed by atoms with Crippen LogP contribution in [0.15, 0.2) is 0 Å². The van der Waals surface area contributed by atoms with Crippen molar-refractivity contribution in [3.8, 4) is 0 Å². The molecular weight excluding hydrogens is 276 g/mol. The molecule has 0 aromatic carbocycles. The third-order valence-corrected chi connectivity index (χ3v) is 4.47. The monoisotopic (exact) mass is 296 g/mol. The van der Waals surface area contributed by atoms with E-state index in [2.05, 4.69) is 9.67 Å². The number of hydrogen-bond donors (Lipinski definition) is 0. The topological polar surface area (TPSA) is 44.9 Å². The SMILES string of the molecule is COC1CCC(n2c(C(C)Cl)nc3c(C)nn(C)c32)C1. The van der Waals surface area contributed by atoms with E-state index in [1.807, 2.05) is 25.6 Å². The molecule has 3 unspecified atom stereocenters. The zero-order valence-corrected chi connectivity index (χ0v) is 13.2. The van der Waals surface area contributed by atoms with Gasteiger partial charge in [0.1, 0.15) is 11.3 Å². The molecule has 1 saturated carbocycles. The molecule has 2 aromatic rings. The van der Waals surface area contributed by atoms with Crippen LogP contribution < -0.4 is 0 Å². The Morgan fingerprint density at radius 2 is 2.15 bits per heavy atom. The van der Waals surface area contributed by atoms with Gasteiger partial charge in [-0.15, -0.1) is 11.6 Å². The van der Waals surface area contributed by atoms with Crippen LogP contribution in [0.3, 0.4) is 0 Å². The molecule has 3 atom stereocenters. The predicted octanol–water partition coefficient (Wildman–Crippen LogP) is 3.12. The van der Waals surface area contributed by atoms with E-state index in [9.17, 15) is 0 Å². The van der Waals surface area contributed by atoms with Gasteiger partial charge >= 0.3 is 0 Å². The summed E-state index contributed by atoms with van der Waals surface area (Å²) >= 11 is 6.35. The quantitative estimate of drug-likeness (QED) is 0.818. The molecule has 0 radical (unpaired) electrons. The molecule has 3 rings (SSSR count). The van der Waals surface area contributed by atoms with Crippen LogP contribution in [-0.2, 0) is 11.8 Å². The van der Waals surface area contributed by atoms with Crippen LogP contribution in [0, 0.1) is 6.92 Å². The number of aromatic nitrogens is 4. The maximum absolute atomic E-state index is 6.35. The molecule has 0 saturated heterocycles. The molecule has 5 nitrogen and oxygen atoms in total. The number of alkyl halides is 1. The molecule has 1 aliphatic rings. The first-order valence-corrected chi connectivity index (χ1v) is 7.54. The smallest absolute Gasteiger partial charge is 0.158 e. The van der Waals surface area contributed by atoms with Crippen molar-refractivity contribution in [1.29, 1.82) is 0 Å². The van der Waals surface area contributed by atoms with Gasteiger partial charge in [-0.2, -0.15) is 5.10 Å². The van der Waals surface area contributed by atoms with E-state index in [1.165, 1.54) is 0 Å². The van der Waals surface area contributed by atoms with Gasteiger partial charge in [0.25, 0.3) is 0 Å². The number of methoxy groups -OCH3 is 1. The van der Waals surface area contributed by atoms with E-state index in [0.29, 0.717) is 12.1 Å². The highest BCUT2D eigenvalue weighted by Gasteiger charge is 2.31. The van der Waals surface area contributed by atoms with E-state index < -0.39 is 0 Å². The van der Waals surface area contributed by atoms with E-state index in [1.54, 1.807) is 7.11 Å². The molecule has 0 spiro atoms. The Morgan fingerprint density at radius 3 is 2.75 bits per heavy atom. The van der Waals surface area contributed by atoms with Crippen LogP contribution in [0.4, 0.5) is 0 Å². The predicted molar refractivity (Wildman–Crippen MR) is 79.2 cm³/mol. The Morgan fingerprint density at radius 1 is 1.40 bits per heavy atom. The highest BCUT2D eigenvalue weighted by Crippen LogP contribution is 2.37. The number of imidazole rings is 1. The maximum atomic E-state index is 6.35. The molecule has 1 aliphatic carbocycles. The minimum Gasteiger partial charge on any atom is -0.381 e. The molecule has 1 fully saturated rings. The zero-order valence-electron chi connectivity index (χ0n) is 12.4. The average Bonchev–Trinajstić information content (AvgIpc) is 3.06. The van der Waals surface area contributed by atoms with Crippen LogP contribution in [0.25, 0.3) is 11.2 Å². The lowest BCUT2D eigenvalue weighted by atomic mass is 10.2. The summed E-state index contributed by atoms with van der Waals surface area (Å²) in [5.74, 6) is 0.944. The van der Waals surface area contributed by atoms with Crippen molar-refractivity contribution in [2.75, 3.05) is 7.11 Å². The first-order valence-electron chi connectivity index (χ1n) is 7.11.